The normalized spacial score (nSPS) is 16.2. The number of rotatable bonds is 12. The van der Waals surface area contributed by atoms with Gasteiger partial charge >= 0.3 is 0 Å². The Morgan fingerprint density at radius 2 is 2.00 bits per heavy atom. The van der Waals surface area contributed by atoms with Crippen LogP contribution in [0.5, 0.6) is 0 Å². The summed E-state index contributed by atoms with van der Waals surface area (Å²) in [5.41, 5.74) is 2.72. The number of carbonyl (C=O) groups is 2. The second kappa shape index (κ2) is 12.7. The van der Waals surface area contributed by atoms with Crippen molar-refractivity contribution in [3.8, 4) is 0 Å². The third-order valence-corrected chi connectivity index (χ3v) is 8.50. The molecule has 0 radical (unpaired) electrons. The van der Waals surface area contributed by atoms with Crippen molar-refractivity contribution < 1.29 is 14.7 Å². The van der Waals surface area contributed by atoms with Gasteiger partial charge in [-0.2, -0.15) is 0 Å². The summed E-state index contributed by atoms with van der Waals surface area (Å²) < 4.78 is 2.82. The van der Waals surface area contributed by atoms with Crippen molar-refractivity contribution in [2.45, 2.75) is 97.2 Å². The number of ketones is 1. The highest BCUT2D eigenvalue weighted by Crippen LogP contribution is 2.30. The van der Waals surface area contributed by atoms with E-state index >= 15 is 0 Å². The fourth-order valence-electron chi connectivity index (χ4n) is 5.17. The summed E-state index contributed by atoms with van der Waals surface area (Å²) >= 11 is 1.62. The molecule has 9 heteroatoms. The molecule has 2 heterocycles. The lowest BCUT2D eigenvalue weighted by Gasteiger charge is -2.32. The van der Waals surface area contributed by atoms with Gasteiger partial charge in [0.2, 0.25) is 5.91 Å². The van der Waals surface area contributed by atoms with Crippen LogP contribution in [-0.4, -0.2) is 42.8 Å². The van der Waals surface area contributed by atoms with Gasteiger partial charge in [0.25, 0.3) is 0 Å². The molecular weight excluding hydrogens is 486 g/mol. The van der Waals surface area contributed by atoms with Crippen LogP contribution in [0.1, 0.15) is 87.9 Å². The minimum atomic E-state index is -0.465. The van der Waals surface area contributed by atoms with Crippen molar-refractivity contribution in [3.05, 3.63) is 40.7 Å². The zero-order chi connectivity index (χ0) is 26.4. The van der Waals surface area contributed by atoms with Crippen LogP contribution in [-0.2, 0) is 29.2 Å². The maximum absolute atomic E-state index is 13.7. The number of nitrogens with one attached hydrogen (secondary N) is 1. The molecule has 1 fully saturated rings. The lowest BCUT2D eigenvalue weighted by atomic mass is 9.83. The van der Waals surface area contributed by atoms with Gasteiger partial charge in [-0.3, -0.25) is 14.3 Å². The first-order valence-corrected chi connectivity index (χ1v) is 14.4. The number of aliphatic hydroxyl groups excluding tert-OH is 1. The van der Waals surface area contributed by atoms with E-state index in [2.05, 4.69) is 47.7 Å². The largest absolute Gasteiger partial charge is 0.390 e. The highest BCUT2D eigenvalue weighted by Gasteiger charge is 2.30. The Kier molecular flexibility index (Phi) is 9.43. The molecule has 0 unspecified atom stereocenters. The maximum atomic E-state index is 13.7. The van der Waals surface area contributed by atoms with Crippen LogP contribution in [0.4, 0.5) is 0 Å². The monoisotopic (exact) mass is 525 g/mol. The summed E-state index contributed by atoms with van der Waals surface area (Å²) in [5, 5.41) is 21.7. The van der Waals surface area contributed by atoms with Gasteiger partial charge in [0, 0.05) is 19.3 Å². The van der Waals surface area contributed by atoms with Gasteiger partial charge in [-0.25, -0.2) is 4.98 Å². The minimum Gasteiger partial charge on any atom is -0.390 e. The van der Waals surface area contributed by atoms with Gasteiger partial charge in [0.05, 0.1) is 46.5 Å². The van der Waals surface area contributed by atoms with Crippen molar-refractivity contribution in [2.75, 3.05) is 0 Å². The molecule has 2 aromatic heterocycles. The first-order valence-electron chi connectivity index (χ1n) is 13.6. The van der Waals surface area contributed by atoms with Gasteiger partial charge in [0.15, 0.2) is 0 Å². The predicted molar refractivity (Wildman–Crippen MR) is 145 cm³/mol. The van der Waals surface area contributed by atoms with Gasteiger partial charge < -0.3 is 10.4 Å². The second-order valence-corrected chi connectivity index (χ2v) is 11.7. The zero-order valence-corrected chi connectivity index (χ0v) is 23.0. The molecule has 8 nitrogen and oxygen atoms in total. The molecule has 0 aliphatic heterocycles. The maximum Gasteiger partial charge on any atom is 0.224 e. The third-order valence-electron chi connectivity index (χ3n) is 7.46. The zero-order valence-electron chi connectivity index (χ0n) is 22.2. The number of aromatic nitrogens is 4. The summed E-state index contributed by atoms with van der Waals surface area (Å²) in [5.74, 6) is 0.306. The Morgan fingerprint density at radius 1 is 1.22 bits per heavy atom. The lowest BCUT2D eigenvalue weighted by Crippen LogP contribution is -2.47. The van der Waals surface area contributed by atoms with E-state index < -0.39 is 5.92 Å². The van der Waals surface area contributed by atoms with Crippen molar-refractivity contribution >= 4 is 33.2 Å². The van der Waals surface area contributed by atoms with Crippen molar-refractivity contribution in [1.29, 1.82) is 0 Å². The fourth-order valence-corrected chi connectivity index (χ4v) is 6.27. The smallest absolute Gasteiger partial charge is 0.224 e. The first-order chi connectivity index (χ1) is 17.9. The van der Waals surface area contributed by atoms with Crippen LogP contribution in [0.15, 0.2) is 24.4 Å². The molecule has 2 atom stereocenters. The average molecular weight is 526 g/mol. The number of aliphatic hydroxyl groups is 1. The van der Waals surface area contributed by atoms with Gasteiger partial charge in [-0.05, 0) is 42.4 Å². The van der Waals surface area contributed by atoms with Crippen LogP contribution in [0.2, 0.25) is 0 Å². The van der Waals surface area contributed by atoms with Crippen LogP contribution in [0.3, 0.4) is 0 Å². The fraction of sp³-hybridized carbons (Fsp3) is 0.607. The molecule has 1 aliphatic carbocycles. The topological polar surface area (TPSA) is 110 Å². The van der Waals surface area contributed by atoms with E-state index in [0.29, 0.717) is 36.9 Å². The second-order valence-electron chi connectivity index (χ2n) is 10.6. The number of thiazole rings is 1. The van der Waals surface area contributed by atoms with Crippen LogP contribution < -0.4 is 5.32 Å². The van der Waals surface area contributed by atoms with Crippen LogP contribution in [0.25, 0.3) is 10.2 Å². The summed E-state index contributed by atoms with van der Waals surface area (Å²) in [6.07, 6.45) is 8.44. The van der Waals surface area contributed by atoms with Gasteiger partial charge in [-0.1, -0.05) is 51.3 Å². The van der Waals surface area contributed by atoms with Crippen molar-refractivity contribution in [2.24, 2.45) is 11.8 Å². The van der Waals surface area contributed by atoms with Crippen molar-refractivity contribution in [3.63, 3.8) is 0 Å². The Balaban J connectivity index is 1.53. The van der Waals surface area contributed by atoms with Crippen molar-refractivity contribution in [1.82, 2.24) is 25.3 Å². The molecule has 200 valence electrons. The number of amides is 1. The molecule has 0 bridgehead atoms. The highest BCUT2D eigenvalue weighted by atomic mass is 32.1. The van der Waals surface area contributed by atoms with Crippen LogP contribution in [0, 0.1) is 11.8 Å². The molecule has 2 N–H and O–H groups in total. The molecule has 4 rings (SSSR count). The molecule has 1 saturated carbocycles. The number of nitrogens with zero attached hydrogens (tertiary/aromatic N) is 4. The average Bonchev–Trinajstić information content (AvgIpc) is 3.53. The summed E-state index contributed by atoms with van der Waals surface area (Å²) in [7, 11) is 0. The van der Waals surface area contributed by atoms with E-state index in [1.165, 1.54) is 12.0 Å². The third kappa shape index (κ3) is 7.23. The Morgan fingerprint density at radius 3 is 2.68 bits per heavy atom. The first kappa shape index (κ1) is 27.4. The number of Topliss-reactive ketones (excluding diaryl/α,β-unsaturated/α-hetero) is 1. The summed E-state index contributed by atoms with van der Waals surface area (Å²) in [6.45, 7) is 6.52. The standard InChI is InChI=1S/C28H39N5O3S/c1-4-23(35)12-21(14-27-29-24-11-10-20(18(2)3)13-26(24)37-27)28(36)30-25(19-8-6-5-7-9-19)16-33-15-22(17-34)31-32-33/h10-11,13,15,18-19,21,25,34H,4-9,12,14,16-17H2,1-3H3,(H,30,36)/t21-,25+/m0/s1. The molecule has 0 saturated heterocycles. The van der Waals surface area contributed by atoms with E-state index in [9.17, 15) is 14.7 Å². The Hall–Kier alpha value is -2.65. The predicted octanol–water partition coefficient (Wildman–Crippen LogP) is 4.80. The molecule has 37 heavy (non-hydrogen) atoms. The van der Waals surface area contributed by atoms with E-state index in [0.717, 1.165) is 40.9 Å². The van der Waals surface area contributed by atoms with E-state index in [1.54, 1.807) is 22.2 Å². The Bertz CT molecular complexity index is 1200. The molecule has 1 aromatic carbocycles. The number of hydrogen-bond donors (Lipinski definition) is 2. The minimum absolute atomic E-state index is 0.0847. The van der Waals surface area contributed by atoms with Crippen LogP contribution >= 0.6 is 11.3 Å². The number of hydrogen-bond acceptors (Lipinski definition) is 7. The molecular formula is C28H39N5O3S. The molecule has 3 aromatic rings. The molecule has 1 amide bonds. The lowest BCUT2D eigenvalue weighted by molar-refractivity contribution is -0.130. The quantitative estimate of drug-likeness (QED) is 0.352. The van der Waals surface area contributed by atoms with E-state index in [-0.39, 0.29) is 30.8 Å². The number of benzene rings is 1. The number of carbonyl (C=O) groups excluding carboxylic acids is 2. The van der Waals surface area contributed by atoms with Gasteiger partial charge in [0.1, 0.15) is 11.5 Å². The molecule has 0 spiro atoms. The summed E-state index contributed by atoms with van der Waals surface area (Å²) in [4.78, 5) is 31.0. The van der Waals surface area contributed by atoms with E-state index in [4.69, 9.17) is 4.98 Å². The number of fused-ring (bicyclic) bond motifs is 1. The van der Waals surface area contributed by atoms with Gasteiger partial charge in [-0.15, -0.1) is 16.4 Å². The van der Waals surface area contributed by atoms with E-state index in [1.807, 2.05) is 6.92 Å². The SMILES string of the molecule is CCC(=O)C[C@@H](Cc1nc2ccc(C(C)C)cc2s1)C(=O)N[C@H](Cn1cc(CO)nn1)C1CCCCC1. The molecule has 1 aliphatic rings. The highest BCUT2D eigenvalue weighted by molar-refractivity contribution is 7.18. The Labute approximate surface area is 222 Å². The summed E-state index contributed by atoms with van der Waals surface area (Å²) in [6, 6.07) is 6.24.